The van der Waals surface area contributed by atoms with Gasteiger partial charge >= 0.3 is 5.97 Å². The first-order chi connectivity index (χ1) is 16.6. The summed E-state index contributed by atoms with van der Waals surface area (Å²) in [5.41, 5.74) is 1.41. The van der Waals surface area contributed by atoms with E-state index in [1.165, 1.54) is 37.3 Å². The highest BCUT2D eigenvalue weighted by Crippen LogP contribution is 2.27. The Hall–Kier alpha value is -4.18. The zero-order chi connectivity index (χ0) is 25.2. The molecule has 4 rings (SSSR count). The summed E-state index contributed by atoms with van der Waals surface area (Å²) in [7, 11) is -3.85. The molecule has 3 aromatic rings. The highest BCUT2D eigenvalue weighted by molar-refractivity contribution is 7.92. The second kappa shape index (κ2) is 9.59. The normalized spacial score (nSPS) is 12.9. The van der Waals surface area contributed by atoms with E-state index in [1.54, 1.807) is 36.4 Å². The molecule has 0 radical (unpaired) electrons. The quantitative estimate of drug-likeness (QED) is 0.290. The third-order valence-corrected chi connectivity index (χ3v) is 6.62. The number of nitrogens with one attached hydrogen (secondary N) is 1. The number of nitrogens with zero attached hydrogens (tertiary/aromatic N) is 1. The number of esters is 1. The van der Waals surface area contributed by atoms with Crippen molar-refractivity contribution in [2.24, 2.45) is 0 Å². The van der Waals surface area contributed by atoms with Crippen molar-refractivity contribution in [1.82, 2.24) is 4.90 Å². The van der Waals surface area contributed by atoms with E-state index in [0.717, 1.165) is 10.5 Å². The molecule has 35 heavy (non-hydrogen) atoms. The van der Waals surface area contributed by atoms with Gasteiger partial charge in [-0.25, -0.2) is 8.42 Å². The van der Waals surface area contributed by atoms with Crippen LogP contribution in [0.1, 0.15) is 33.2 Å². The lowest BCUT2D eigenvalue weighted by molar-refractivity contribution is -0.131. The molecule has 9 nitrogen and oxygen atoms in total. The number of amides is 2. The summed E-state index contributed by atoms with van der Waals surface area (Å²) in [6, 6.07) is 16.9. The number of anilines is 1. The number of benzene rings is 3. The van der Waals surface area contributed by atoms with Gasteiger partial charge in [-0.2, -0.15) is 0 Å². The van der Waals surface area contributed by atoms with E-state index in [2.05, 4.69) is 4.72 Å². The van der Waals surface area contributed by atoms with Crippen molar-refractivity contribution >= 4 is 33.5 Å². The molecule has 2 amide bonds. The average Bonchev–Trinajstić information content (AvgIpc) is 3.04. The Labute approximate surface area is 202 Å². The van der Waals surface area contributed by atoms with Gasteiger partial charge in [-0.15, -0.1) is 0 Å². The molecule has 10 heteroatoms. The molecule has 1 aliphatic rings. The van der Waals surface area contributed by atoms with E-state index < -0.39 is 27.8 Å². The van der Waals surface area contributed by atoms with Crippen LogP contribution in [-0.4, -0.2) is 44.3 Å². The molecular weight excluding hydrogens is 472 g/mol. The number of rotatable bonds is 8. The number of carbonyl (C=O) groups is 3. The minimum atomic E-state index is -3.85. The Bertz CT molecular complexity index is 1400. The van der Waals surface area contributed by atoms with Crippen LogP contribution in [0.2, 0.25) is 0 Å². The smallest absolute Gasteiger partial charge is 0.308 e. The summed E-state index contributed by atoms with van der Waals surface area (Å²) in [5.74, 6) is -0.596. The number of fused-ring (bicyclic) bond motifs is 1. The van der Waals surface area contributed by atoms with Crippen molar-refractivity contribution in [3.63, 3.8) is 0 Å². The van der Waals surface area contributed by atoms with Gasteiger partial charge in [0.15, 0.2) is 0 Å². The molecule has 0 aliphatic carbocycles. The molecule has 0 bridgehead atoms. The molecular formula is C25H22N2O7S. The van der Waals surface area contributed by atoms with Crippen LogP contribution in [0.5, 0.6) is 11.5 Å². The largest absolute Gasteiger partial charge is 0.492 e. The maximum absolute atomic E-state index is 12.8. The van der Waals surface area contributed by atoms with E-state index >= 15 is 0 Å². The monoisotopic (exact) mass is 494 g/mol. The van der Waals surface area contributed by atoms with Crippen molar-refractivity contribution in [2.75, 3.05) is 17.9 Å². The first-order valence-electron chi connectivity index (χ1n) is 10.6. The van der Waals surface area contributed by atoms with Crippen LogP contribution in [0.3, 0.4) is 0 Å². The third-order valence-electron chi connectivity index (χ3n) is 5.22. The molecule has 180 valence electrons. The van der Waals surface area contributed by atoms with Crippen molar-refractivity contribution in [1.29, 1.82) is 0 Å². The molecule has 0 spiro atoms. The van der Waals surface area contributed by atoms with E-state index in [-0.39, 0.29) is 34.9 Å². The lowest BCUT2D eigenvalue weighted by Gasteiger charge is -2.14. The second-order valence-electron chi connectivity index (χ2n) is 7.85. The molecule has 1 aliphatic heterocycles. The van der Waals surface area contributed by atoms with E-state index in [9.17, 15) is 22.8 Å². The van der Waals surface area contributed by atoms with Crippen LogP contribution >= 0.6 is 0 Å². The first-order valence-corrected chi connectivity index (χ1v) is 12.1. The Morgan fingerprint density at radius 3 is 2.17 bits per heavy atom. The fraction of sp³-hybridized carbons (Fsp3) is 0.160. The number of ether oxygens (including phenoxy) is 2. The van der Waals surface area contributed by atoms with Crippen molar-refractivity contribution in [3.05, 3.63) is 83.4 Å². The van der Waals surface area contributed by atoms with Gasteiger partial charge in [-0.3, -0.25) is 24.0 Å². The number of hydrogen-bond donors (Lipinski definition) is 1. The minimum absolute atomic E-state index is 0.00245. The summed E-state index contributed by atoms with van der Waals surface area (Å²) >= 11 is 0. The molecule has 0 fully saturated rings. The topological polar surface area (TPSA) is 119 Å². The summed E-state index contributed by atoms with van der Waals surface area (Å²) in [6.45, 7) is 3.20. The Morgan fingerprint density at radius 2 is 1.51 bits per heavy atom. The van der Waals surface area contributed by atoms with Crippen LogP contribution in [0, 0.1) is 6.92 Å². The zero-order valence-electron chi connectivity index (χ0n) is 19.0. The predicted molar refractivity (Wildman–Crippen MR) is 127 cm³/mol. The highest BCUT2D eigenvalue weighted by atomic mass is 32.2. The Kier molecular flexibility index (Phi) is 6.57. The van der Waals surface area contributed by atoms with Gasteiger partial charge in [0.05, 0.1) is 22.6 Å². The Balaban J connectivity index is 1.41. The van der Waals surface area contributed by atoms with Gasteiger partial charge in [0, 0.05) is 12.6 Å². The third kappa shape index (κ3) is 5.33. The molecule has 1 heterocycles. The molecule has 0 atom stereocenters. The SMILES string of the molecule is CC(=O)Oc1ccc(OCCN2C(=O)c3ccc(NS(=O)(=O)c4ccc(C)cc4)cc3C2=O)cc1. The fourth-order valence-corrected chi connectivity index (χ4v) is 4.56. The van der Waals surface area contributed by atoms with Gasteiger partial charge in [0.2, 0.25) is 0 Å². The zero-order valence-corrected chi connectivity index (χ0v) is 19.8. The van der Waals surface area contributed by atoms with E-state index in [4.69, 9.17) is 9.47 Å². The Morgan fingerprint density at radius 1 is 0.886 bits per heavy atom. The molecule has 0 unspecified atom stereocenters. The summed E-state index contributed by atoms with van der Waals surface area (Å²) in [4.78, 5) is 37.7. The van der Waals surface area contributed by atoms with Gasteiger partial charge in [0.1, 0.15) is 18.1 Å². The number of aryl methyl sites for hydroxylation is 1. The van der Waals surface area contributed by atoms with Crippen LogP contribution < -0.4 is 14.2 Å². The maximum Gasteiger partial charge on any atom is 0.308 e. The second-order valence-corrected chi connectivity index (χ2v) is 9.54. The summed E-state index contributed by atoms with van der Waals surface area (Å²) in [5, 5.41) is 0. The van der Waals surface area contributed by atoms with Crippen molar-refractivity contribution in [2.45, 2.75) is 18.7 Å². The van der Waals surface area contributed by atoms with Crippen molar-refractivity contribution < 1.29 is 32.3 Å². The van der Waals surface area contributed by atoms with Gasteiger partial charge in [-0.05, 0) is 61.5 Å². The number of hydrogen-bond acceptors (Lipinski definition) is 7. The van der Waals surface area contributed by atoms with Crippen LogP contribution in [-0.2, 0) is 14.8 Å². The highest BCUT2D eigenvalue weighted by Gasteiger charge is 2.35. The van der Waals surface area contributed by atoms with E-state index in [1.807, 2.05) is 6.92 Å². The number of carbonyl (C=O) groups excluding carboxylic acids is 3. The van der Waals surface area contributed by atoms with Crippen molar-refractivity contribution in [3.8, 4) is 11.5 Å². The molecule has 0 saturated heterocycles. The number of sulfonamides is 1. The lowest BCUT2D eigenvalue weighted by Crippen LogP contribution is -2.33. The predicted octanol–water partition coefficient (Wildman–Crippen LogP) is 3.40. The van der Waals surface area contributed by atoms with Gasteiger partial charge < -0.3 is 9.47 Å². The standard InChI is InChI=1S/C25H22N2O7S/c1-16-3-10-21(11-4-16)35(31,32)26-18-5-12-22-23(15-18)25(30)27(24(22)29)13-14-33-19-6-8-20(9-7-19)34-17(2)28/h3-12,15,26H,13-14H2,1-2H3. The molecule has 3 aromatic carbocycles. The fourth-order valence-electron chi connectivity index (χ4n) is 3.51. The van der Waals surface area contributed by atoms with Crippen LogP contribution in [0.25, 0.3) is 0 Å². The maximum atomic E-state index is 12.8. The molecule has 1 N–H and O–H groups in total. The number of imide groups is 1. The molecule has 0 saturated carbocycles. The average molecular weight is 495 g/mol. The first kappa shape index (κ1) is 24.0. The van der Waals surface area contributed by atoms with Crippen LogP contribution in [0.15, 0.2) is 71.6 Å². The van der Waals surface area contributed by atoms with E-state index in [0.29, 0.717) is 11.5 Å². The molecule has 0 aromatic heterocycles. The van der Waals surface area contributed by atoms with Gasteiger partial charge in [-0.1, -0.05) is 17.7 Å². The summed E-state index contributed by atoms with van der Waals surface area (Å²) < 4.78 is 38.3. The minimum Gasteiger partial charge on any atom is -0.492 e. The summed E-state index contributed by atoms with van der Waals surface area (Å²) in [6.07, 6.45) is 0. The van der Waals surface area contributed by atoms with Crippen LogP contribution in [0.4, 0.5) is 5.69 Å². The lowest BCUT2D eigenvalue weighted by atomic mass is 10.1. The van der Waals surface area contributed by atoms with Gasteiger partial charge in [0.25, 0.3) is 21.8 Å².